The monoisotopic (exact) mass is 359 g/mol. The van der Waals surface area contributed by atoms with E-state index in [4.69, 9.17) is 4.74 Å². The van der Waals surface area contributed by atoms with Crippen LogP contribution in [0.2, 0.25) is 0 Å². The number of aromatic amines is 1. The number of aromatic nitrogens is 2. The first-order valence-corrected chi connectivity index (χ1v) is 9.13. The highest BCUT2D eigenvalue weighted by molar-refractivity contribution is 5.94. The summed E-state index contributed by atoms with van der Waals surface area (Å²) < 4.78 is 5.76. The summed E-state index contributed by atoms with van der Waals surface area (Å²) in [5.41, 5.74) is 1.13. The number of hydrogen-bond donors (Lipinski definition) is 3. The van der Waals surface area contributed by atoms with Gasteiger partial charge in [-0.2, -0.15) is 10.4 Å². The minimum absolute atomic E-state index is 0.0263. The summed E-state index contributed by atoms with van der Waals surface area (Å²) in [4.78, 5) is 24.7. The maximum atomic E-state index is 12.5. The van der Waals surface area contributed by atoms with Gasteiger partial charge in [-0.05, 0) is 26.7 Å². The lowest BCUT2D eigenvalue weighted by atomic mass is 9.87. The zero-order valence-corrected chi connectivity index (χ0v) is 15.2. The normalized spacial score (nSPS) is 21.1. The summed E-state index contributed by atoms with van der Waals surface area (Å²) >= 11 is 0. The van der Waals surface area contributed by atoms with Gasteiger partial charge in [0, 0.05) is 24.6 Å². The standard InChI is InChI=1S/C18H25N5O3/c1-11(2)21-16(24)15-13-7-12(26-9-14(13)22-23-15)8-20-17(25)18(10-19)5-3-4-6-18/h11-12H,3-9H2,1-2H3,(H,20,25)(H,21,24)(H,22,23). The first-order valence-electron chi connectivity index (χ1n) is 9.13. The first kappa shape index (κ1) is 18.4. The number of H-pyrrole nitrogens is 1. The van der Waals surface area contributed by atoms with Crippen LogP contribution < -0.4 is 10.6 Å². The molecule has 1 unspecified atom stereocenters. The average molecular weight is 359 g/mol. The molecule has 2 amide bonds. The zero-order valence-electron chi connectivity index (χ0n) is 15.2. The van der Waals surface area contributed by atoms with Crippen molar-refractivity contribution in [2.45, 2.75) is 64.7 Å². The van der Waals surface area contributed by atoms with Crippen molar-refractivity contribution in [1.82, 2.24) is 20.8 Å². The van der Waals surface area contributed by atoms with Crippen molar-refractivity contribution in [1.29, 1.82) is 5.26 Å². The lowest BCUT2D eigenvalue weighted by Crippen LogP contribution is -2.43. The van der Waals surface area contributed by atoms with E-state index in [2.05, 4.69) is 26.9 Å². The van der Waals surface area contributed by atoms with Crippen molar-refractivity contribution in [3.05, 3.63) is 17.0 Å². The highest BCUT2D eigenvalue weighted by Crippen LogP contribution is 2.37. The Balaban J connectivity index is 1.62. The molecule has 3 rings (SSSR count). The number of amides is 2. The van der Waals surface area contributed by atoms with Crippen LogP contribution in [0.5, 0.6) is 0 Å². The number of fused-ring (bicyclic) bond motifs is 1. The molecule has 2 heterocycles. The van der Waals surface area contributed by atoms with E-state index >= 15 is 0 Å². The minimum atomic E-state index is -0.891. The molecule has 8 heteroatoms. The summed E-state index contributed by atoms with van der Waals surface area (Å²) in [6.45, 7) is 4.43. The summed E-state index contributed by atoms with van der Waals surface area (Å²) in [6.07, 6.45) is 3.30. The zero-order chi connectivity index (χ0) is 18.7. The Morgan fingerprint density at radius 1 is 1.42 bits per heavy atom. The van der Waals surface area contributed by atoms with Gasteiger partial charge < -0.3 is 15.4 Å². The SMILES string of the molecule is CC(C)NC(=O)c1n[nH]c2c1CC(CNC(=O)C1(C#N)CCCC1)OC2. The predicted octanol–water partition coefficient (Wildman–Crippen LogP) is 1.19. The Kier molecular flexibility index (Phi) is 5.28. The van der Waals surface area contributed by atoms with Gasteiger partial charge in [-0.25, -0.2) is 0 Å². The first-order chi connectivity index (χ1) is 12.4. The molecule has 0 aromatic carbocycles. The van der Waals surface area contributed by atoms with Crippen molar-refractivity contribution in [3.63, 3.8) is 0 Å². The predicted molar refractivity (Wildman–Crippen MR) is 93.0 cm³/mol. The van der Waals surface area contributed by atoms with Gasteiger partial charge in [0.05, 0.1) is 24.5 Å². The van der Waals surface area contributed by atoms with Gasteiger partial charge in [0.2, 0.25) is 5.91 Å². The van der Waals surface area contributed by atoms with Gasteiger partial charge in [0.25, 0.3) is 5.91 Å². The fourth-order valence-corrected chi connectivity index (χ4v) is 3.62. The fourth-order valence-electron chi connectivity index (χ4n) is 3.62. The largest absolute Gasteiger partial charge is 0.370 e. The van der Waals surface area contributed by atoms with Crippen molar-refractivity contribution in [3.8, 4) is 6.07 Å². The maximum Gasteiger partial charge on any atom is 0.272 e. The van der Waals surface area contributed by atoms with Gasteiger partial charge in [-0.1, -0.05) is 12.8 Å². The van der Waals surface area contributed by atoms with E-state index in [0.29, 0.717) is 38.1 Å². The Bertz CT molecular complexity index is 728. The highest BCUT2D eigenvalue weighted by Gasteiger charge is 2.41. The fraction of sp³-hybridized carbons (Fsp3) is 0.667. The van der Waals surface area contributed by atoms with Gasteiger partial charge in [0.15, 0.2) is 5.69 Å². The van der Waals surface area contributed by atoms with Crippen LogP contribution in [0.25, 0.3) is 0 Å². The second-order valence-corrected chi connectivity index (χ2v) is 7.41. The Morgan fingerprint density at radius 3 is 2.81 bits per heavy atom. The van der Waals surface area contributed by atoms with Crippen LogP contribution in [-0.4, -0.2) is 40.7 Å². The van der Waals surface area contributed by atoms with E-state index in [9.17, 15) is 14.9 Å². The molecule has 1 aromatic heterocycles. The molecule has 2 aliphatic rings. The number of nitrogens with one attached hydrogen (secondary N) is 3. The van der Waals surface area contributed by atoms with E-state index in [1.54, 1.807) is 0 Å². The quantitative estimate of drug-likeness (QED) is 0.729. The van der Waals surface area contributed by atoms with E-state index in [1.165, 1.54) is 0 Å². The lowest BCUT2D eigenvalue weighted by molar-refractivity contribution is -0.128. The topological polar surface area (TPSA) is 120 Å². The van der Waals surface area contributed by atoms with Crippen LogP contribution in [0.1, 0.15) is 61.3 Å². The number of hydrogen-bond acceptors (Lipinski definition) is 5. The third-order valence-electron chi connectivity index (χ3n) is 5.08. The third kappa shape index (κ3) is 3.58. The number of carbonyl (C=O) groups is 2. The van der Waals surface area contributed by atoms with Crippen LogP contribution >= 0.6 is 0 Å². The molecule has 1 aliphatic carbocycles. The molecule has 8 nitrogen and oxygen atoms in total. The van der Waals surface area contributed by atoms with E-state index < -0.39 is 5.41 Å². The molecule has 1 fully saturated rings. The molecule has 1 saturated carbocycles. The van der Waals surface area contributed by atoms with Crippen LogP contribution in [0.4, 0.5) is 0 Å². The van der Waals surface area contributed by atoms with Crippen molar-refractivity contribution in [2.75, 3.05) is 6.54 Å². The van der Waals surface area contributed by atoms with Gasteiger partial charge in [-0.15, -0.1) is 0 Å². The summed E-state index contributed by atoms with van der Waals surface area (Å²) in [5, 5.41) is 22.1. The number of ether oxygens (including phenoxy) is 1. The summed E-state index contributed by atoms with van der Waals surface area (Å²) in [6, 6.07) is 2.22. The van der Waals surface area contributed by atoms with Crippen molar-refractivity contribution in [2.24, 2.45) is 5.41 Å². The molecule has 0 saturated heterocycles. The van der Waals surface area contributed by atoms with Crippen LogP contribution in [-0.2, 0) is 22.6 Å². The number of nitriles is 1. The van der Waals surface area contributed by atoms with Crippen LogP contribution in [0.3, 0.4) is 0 Å². The minimum Gasteiger partial charge on any atom is -0.370 e. The third-order valence-corrected chi connectivity index (χ3v) is 5.08. The van der Waals surface area contributed by atoms with Crippen LogP contribution in [0.15, 0.2) is 0 Å². The molecular formula is C18H25N5O3. The van der Waals surface area contributed by atoms with E-state index in [-0.39, 0.29) is 24.0 Å². The molecule has 0 bridgehead atoms. The molecule has 1 aliphatic heterocycles. The molecule has 1 aromatic rings. The molecule has 1 atom stereocenters. The molecule has 0 radical (unpaired) electrons. The Morgan fingerprint density at radius 2 is 2.15 bits per heavy atom. The number of rotatable bonds is 5. The van der Waals surface area contributed by atoms with Gasteiger partial charge in [0.1, 0.15) is 5.41 Å². The second-order valence-electron chi connectivity index (χ2n) is 7.41. The molecule has 0 spiro atoms. The number of nitrogens with zero attached hydrogens (tertiary/aromatic N) is 2. The summed E-state index contributed by atoms with van der Waals surface area (Å²) in [7, 11) is 0. The second kappa shape index (κ2) is 7.46. The molecule has 3 N–H and O–H groups in total. The smallest absolute Gasteiger partial charge is 0.272 e. The summed E-state index contributed by atoms with van der Waals surface area (Å²) in [5.74, 6) is -0.423. The molecule has 26 heavy (non-hydrogen) atoms. The Labute approximate surface area is 152 Å². The average Bonchev–Trinajstić information content (AvgIpc) is 3.26. The lowest BCUT2D eigenvalue weighted by Gasteiger charge is -2.25. The highest BCUT2D eigenvalue weighted by atomic mass is 16.5. The van der Waals surface area contributed by atoms with Crippen LogP contribution in [0, 0.1) is 16.7 Å². The molecule has 140 valence electrons. The Hall–Kier alpha value is -2.40. The maximum absolute atomic E-state index is 12.5. The van der Waals surface area contributed by atoms with Gasteiger partial charge in [-0.3, -0.25) is 14.7 Å². The molecular weight excluding hydrogens is 334 g/mol. The van der Waals surface area contributed by atoms with E-state index in [0.717, 1.165) is 24.1 Å². The van der Waals surface area contributed by atoms with Crippen molar-refractivity contribution < 1.29 is 14.3 Å². The van der Waals surface area contributed by atoms with Gasteiger partial charge >= 0.3 is 0 Å². The van der Waals surface area contributed by atoms with Crippen molar-refractivity contribution >= 4 is 11.8 Å². The number of carbonyl (C=O) groups excluding carboxylic acids is 2. The van der Waals surface area contributed by atoms with E-state index in [1.807, 2.05) is 13.8 Å².